The molecule has 0 aromatic carbocycles. The molecule has 14 heavy (non-hydrogen) atoms. The Morgan fingerprint density at radius 3 is 2.64 bits per heavy atom. The molecule has 1 rings (SSSR count). The summed E-state index contributed by atoms with van der Waals surface area (Å²) in [6.07, 6.45) is 7.06. The van der Waals surface area contributed by atoms with Crippen LogP contribution in [-0.4, -0.2) is 24.1 Å². The van der Waals surface area contributed by atoms with Crippen LogP contribution in [0.5, 0.6) is 0 Å². The van der Waals surface area contributed by atoms with E-state index >= 15 is 0 Å². The SMILES string of the molecule is CC(C)CSCCCNC1CCCC1. The summed E-state index contributed by atoms with van der Waals surface area (Å²) in [5.74, 6) is 3.50. The Kier molecular flexibility index (Phi) is 6.70. The average molecular weight is 215 g/mol. The maximum absolute atomic E-state index is 3.66. The first kappa shape index (κ1) is 12.4. The van der Waals surface area contributed by atoms with Gasteiger partial charge in [0.2, 0.25) is 0 Å². The van der Waals surface area contributed by atoms with Gasteiger partial charge in [0, 0.05) is 6.04 Å². The zero-order chi connectivity index (χ0) is 10.2. The molecule has 1 aliphatic carbocycles. The first-order valence-electron chi connectivity index (χ1n) is 6.10. The van der Waals surface area contributed by atoms with Crippen LogP contribution in [0.2, 0.25) is 0 Å². The molecule has 1 nitrogen and oxygen atoms in total. The van der Waals surface area contributed by atoms with Crippen molar-refractivity contribution in [3.05, 3.63) is 0 Å². The number of hydrogen-bond donors (Lipinski definition) is 1. The Bertz CT molecular complexity index is 130. The Hall–Kier alpha value is 0.310. The van der Waals surface area contributed by atoms with Gasteiger partial charge >= 0.3 is 0 Å². The monoisotopic (exact) mass is 215 g/mol. The van der Waals surface area contributed by atoms with Crippen LogP contribution < -0.4 is 5.32 Å². The summed E-state index contributed by atoms with van der Waals surface area (Å²) in [5, 5.41) is 3.66. The molecule has 1 aliphatic rings. The molecular formula is C12H25NS. The first-order chi connectivity index (χ1) is 6.79. The zero-order valence-electron chi connectivity index (χ0n) is 9.72. The first-order valence-corrected chi connectivity index (χ1v) is 7.25. The molecule has 0 aliphatic heterocycles. The molecule has 0 heterocycles. The van der Waals surface area contributed by atoms with Crippen LogP contribution in [-0.2, 0) is 0 Å². The van der Waals surface area contributed by atoms with E-state index in [9.17, 15) is 0 Å². The fourth-order valence-electron chi connectivity index (χ4n) is 1.93. The van der Waals surface area contributed by atoms with Gasteiger partial charge in [-0.25, -0.2) is 0 Å². The lowest BCUT2D eigenvalue weighted by Gasteiger charge is -2.11. The Morgan fingerprint density at radius 1 is 1.29 bits per heavy atom. The summed E-state index contributed by atoms with van der Waals surface area (Å²) in [6, 6.07) is 0.852. The van der Waals surface area contributed by atoms with Crippen LogP contribution in [0.15, 0.2) is 0 Å². The minimum absolute atomic E-state index is 0.850. The molecule has 0 aromatic heterocycles. The topological polar surface area (TPSA) is 12.0 Å². The minimum atomic E-state index is 0.850. The third-order valence-electron chi connectivity index (χ3n) is 2.70. The van der Waals surface area contributed by atoms with Crippen LogP contribution >= 0.6 is 11.8 Å². The summed E-state index contributed by atoms with van der Waals surface area (Å²) in [4.78, 5) is 0. The Labute approximate surface area is 93.4 Å². The maximum Gasteiger partial charge on any atom is 0.00670 e. The largest absolute Gasteiger partial charge is 0.314 e. The van der Waals surface area contributed by atoms with Crippen molar-refractivity contribution >= 4 is 11.8 Å². The highest BCUT2D eigenvalue weighted by Gasteiger charge is 2.12. The lowest BCUT2D eigenvalue weighted by Crippen LogP contribution is -2.27. The van der Waals surface area contributed by atoms with Gasteiger partial charge in [-0.2, -0.15) is 11.8 Å². The standard InChI is InChI=1S/C12H25NS/c1-11(2)10-14-9-5-8-13-12-6-3-4-7-12/h11-13H,3-10H2,1-2H3. The predicted octanol–water partition coefficient (Wildman–Crippen LogP) is 3.30. The summed E-state index contributed by atoms with van der Waals surface area (Å²) in [5.41, 5.74) is 0. The van der Waals surface area contributed by atoms with Gasteiger partial charge in [0.25, 0.3) is 0 Å². The van der Waals surface area contributed by atoms with Gasteiger partial charge in [-0.15, -0.1) is 0 Å². The van der Waals surface area contributed by atoms with E-state index in [0.717, 1.165) is 12.0 Å². The van der Waals surface area contributed by atoms with Crippen LogP contribution in [0.1, 0.15) is 46.0 Å². The normalized spacial score (nSPS) is 18.2. The van der Waals surface area contributed by atoms with E-state index < -0.39 is 0 Å². The van der Waals surface area contributed by atoms with E-state index in [1.165, 1.54) is 50.2 Å². The molecule has 1 saturated carbocycles. The minimum Gasteiger partial charge on any atom is -0.314 e. The highest BCUT2D eigenvalue weighted by Crippen LogP contribution is 2.17. The third kappa shape index (κ3) is 5.92. The number of hydrogen-bond acceptors (Lipinski definition) is 2. The predicted molar refractivity (Wildman–Crippen MR) is 67.0 cm³/mol. The van der Waals surface area contributed by atoms with E-state index in [0.29, 0.717) is 0 Å². The van der Waals surface area contributed by atoms with Crippen LogP contribution in [0, 0.1) is 5.92 Å². The Balaban J connectivity index is 1.79. The molecule has 1 N–H and O–H groups in total. The van der Waals surface area contributed by atoms with Crippen LogP contribution in [0.4, 0.5) is 0 Å². The highest BCUT2D eigenvalue weighted by atomic mass is 32.2. The maximum atomic E-state index is 3.66. The van der Waals surface area contributed by atoms with Gasteiger partial charge in [0.05, 0.1) is 0 Å². The molecule has 0 amide bonds. The summed E-state index contributed by atoms with van der Waals surface area (Å²) in [6.45, 7) is 5.82. The van der Waals surface area contributed by atoms with Crippen molar-refractivity contribution in [2.24, 2.45) is 5.92 Å². The number of thioether (sulfide) groups is 1. The summed E-state index contributed by atoms with van der Waals surface area (Å²) < 4.78 is 0. The van der Waals surface area contributed by atoms with Crippen molar-refractivity contribution in [3.8, 4) is 0 Å². The smallest absolute Gasteiger partial charge is 0.00670 e. The molecule has 2 heteroatoms. The fourth-order valence-corrected chi connectivity index (χ4v) is 2.92. The zero-order valence-corrected chi connectivity index (χ0v) is 10.5. The van der Waals surface area contributed by atoms with Gasteiger partial charge in [0.1, 0.15) is 0 Å². The molecule has 0 atom stereocenters. The summed E-state index contributed by atoms with van der Waals surface area (Å²) in [7, 11) is 0. The molecule has 0 spiro atoms. The van der Waals surface area contributed by atoms with Crippen LogP contribution in [0.3, 0.4) is 0 Å². The van der Waals surface area contributed by atoms with Gasteiger partial charge in [-0.3, -0.25) is 0 Å². The van der Waals surface area contributed by atoms with Crippen molar-refractivity contribution < 1.29 is 0 Å². The molecule has 0 bridgehead atoms. The van der Waals surface area contributed by atoms with E-state index in [2.05, 4.69) is 30.9 Å². The molecule has 84 valence electrons. The van der Waals surface area contributed by atoms with E-state index in [1.807, 2.05) is 0 Å². The molecule has 0 unspecified atom stereocenters. The highest BCUT2D eigenvalue weighted by molar-refractivity contribution is 7.99. The third-order valence-corrected chi connectivity index (χ3v) is 4.18. The molecule has 1 fully saturated rings. The number of nitrogens with one attached hydrogen (secondary N) is 1. The van der Waals surface area contributed by atoms with Crippen LogP contribution in [0.25, 0.3) is 0 Å². The molecule has 0 radical (unpaired) electrons. The van der Waals surface area contributed by atoms with E-state index in [4.69, 9.17) is 0 Å². The lowest BCUT2D eigenvalue weighted by atomic mass is 10.2. The second-order valence-electron chi connectivity index (χ2n) is 4.76. The second-order valence-corrected chi connectivity index (χ2v) is 5.91. The number of rotatable bonds is 7. The van der Waals surface area contributed by atoms with Crippen molar-refractivity contribution in [1.82, 2.24) is 5.32 Å². The van der Waals surface area contributed by atoms with Crippen molar-refractivity contribution in [3.63, 3.8) is 0 Å². The van der Waals surface area contributed by atoms with Gasteiger partial charge in [-0.1, -0.05) is 26.7 Å². The van der Waals surface area contributed by atoms with Crippen molar-refractivity contribution in [2.75, 3.05) is 18.1 Å². The molecule has 0 aromatic rings. The fraction of sp³-hybridized carbons (Fsp3) is 1.00. The summed E-state index contributed by atoms with van der Waals surface area (Å²) >= 11 is 2.10. The Morgan fingerprint density at radius 2 is 2.00 bits per heavy atom. The second kappa shape index (κ2) is 7.58. The van der Waals surface area contributed by atoms with Gasteiger partial charge in [0.15, 0.2) is 0 Å². The molecule has 0 saturated heterocycles. The van der Waals surface area contributed by atoms with E-state index in [1.54, 1.807) is 0 Å². The van der Waals surface area contributed by atoms with Gasteiger partial charge < -0.3 is 5.32 Å². The average Bonchev–Trinajstić information content (AvgIpc) is 2.63. The van der Waals surface area contributed by atoms with E-state index in [-0.39, 0.29) is 0 Å². The van der Waals surface area contributed by atoms with Crippen molar-refractivity contribution in [1.29, 1.82) is 0 Å². The van der Waals surface area contributed by atoms with Gasteiger partial charge in [-0.05, 0) is 43.2 Å². The molecular weight excluding hydrogens is 190 g/mol. The quantitative estimate of drug-likeness (QED) is 0.654. The lowest BCUT2D eigenvalue weighted by molar-refractivity contribution is 0.524. The van der Waals surface area contributed by atoms with Crippen molar-refractivity contribution in [2.45, 2.75) is 52.0 Å².